The van der Waals surface area contributed by atoms with Gasteiger partial charge in [-0.05, 0) is 12.1 Å². The lowest BCUT2D eigenvalue weighted by atomic mass is 10.2. The van der Waals surface area contributed by atoms with Crippen LogP contribution in [0, 0.1) is 10.1 Å². The highest BCUT2D eigenvalue weighted by Gasteiger charge is 2.25. The highest BCUT2D eigenvalue weighted by molar-refractivity contribution is 7.90. The fourth-order valence-corrected chi connectivity index (χ4v) is 2.77. The van der Waals surface area contributed by atoms with Crippen LogP contribution in [0.15, 0.2) is 35.5 Å². The van der Waals surface area contributed by atoms with E-state index in [2.05, 4.69) is 10.4 Å². The summed E-state index contributed by atoms with van der Waals surface area (Å²) in [5.74, 6) is 0. The molecule has 2 aromatic rings. The van der Waals surface area contributed by atoms with Gasteiger partial charge in [-0.2, -0.15) is 5.10 Å². The van der Waals surface area contributed by atoms with Gasteiger partial charge in [0.05, 0.1) is 11.1 Å². The molecule has 0 aliphatic rings. The number of nitrogens with one attached hydrogen (secondary N) is 1. The van der Waals surface area contributed by atoms with E-state index < -0.39 is 20.4 Å². The molecule has 0 unspecified atom stereocenters. The predicted molar refractivity (Wildman–Crippen MR) is 76.7 cm³/mol. The van der Waals surface area contributed by atoms with E-state index in [0.29, 0.717) is 6.54 Å². The van der Waals surface area contributed by atoms with Crippen molar-refractivity contribution in [1.82, 2.24) is 9.78 Å². The smallest absolute Gasteiger partial charge is 0.310 e. The van der Waals surface area contributed by atoms with Crippen LogP contribution >= 0.6 is 0 Å². The van der Waals surface area contributed by atoms with Crippen molar-refractivity contribution in [3.63, 3.8) is 0 Å². The van der Waals surface area contributed by atoms with Crippen LogP contribution in [-0.4, -0.2) is 29.4 Å². The van der Waals surface area contributed by atoms with E-state index in [1.165, 1.54) is 18.2 Å². The Morgan fingerprint density at radius 2 is 2.14 bits per heavy atom. The molecule has 1 aromatic heterocycles. The van der Waals surface area contributed by atoms with Crippen LogP contribution in [0.1, 0.15) is 5.56 Å². The molecule has 9 heteroatoms. The van der Waals surface area contributed by atoms with E-state index in [1.807, 2.05) is 0 Å². The van der Waals surface area contributed by atoms with E-state index in [9.17, 15) is 18.5 Å². The number of aromatic nitrogens is 2. The number of aryl methyl sites for hydroxylation is 1. The number of benzene rings is 1. The van der Waals surface area contributed by atoms with Crippen LogP contribution in [0.3, 0.4) is 0 Å². The molecule has 0 amide bonds. The Labute approximate surface area is 121 Å². The standard InChI is InChI=1S/C12H14N4O4S/c1-15-8-9(7-14-15)6-13-10-4-3-5-11(21(2,19)20)12(10)16(17)18/h3-5,7-8,13H,6H2,1-2H3. The van der Waals surface area contributed by atoms with Gasteiger partial charge >= 0.3 is 5.69 Å². The Bertz CT molecular complexity index is 782. The van der Waals surface area contributed by atoms with Crippen molar-refractivity contribution < 1.29 is 13.3 Å². The van der Waals surface area contributed by atoms with Crippen LogP contribution in [0.2, 0.25) is 0 Å². The number of nitrogens with zero attached hydrogens (tertiary/aromatic N) is 3. The molecule has 2 rings (SSSR count). The van der Waals surface area contributed by atoms with Gasteiger partial charge in [0.1, 0.15) is 10.6 Å². The Balaban J connectivity index is 2.37. The van der Waals surface area contributed by atoms with Crippen molar-refractivity contribution in [2.75, 3.05) is 11.6 Å². The number of sulfone groups is 1. The van der Waals surface area contributed by atoms with Crippen molar-refractivity contribution in [2.24, 2.45) is 7.05 Å². The summed E-state index contributed by atoms with van der Waals surface area (Å²) in [5.41, 5.74) is 0.548. The molecule has 0 bridgehead atoms. The Morgan fingerprint density at radius 1 is 1.43 bits per heavy atom. The highest BCUT2D eigenvalue weighted by atomic mass is 32.2. The second-order valence-corrected chi connectivity index (χ2v) is 6.54. The molecule has 0 aliphatic carbocycles. The molecule has 0 aliphatic heterocycles. The average Bonchev–Trinajstić information content (AvgIpc) is 2.80. The SMILES string of the molecule is Cn1cc(CNc2cccc(S(C)(=O)=O)c2[N+](=O)[O-])cn1. The minimum Gasteiger partial charge on any atom is -0.375 e. The molecule has 0 spiro atoms. The third kappa shape index (κ3) is 3.37. The summed E-state index contributed by atoms with van der Waals surface area (Å²) < 4.78 is 24.9. The van der Waals surface area contributed by atoms with Crippen molar-refractivity contribution >= 4 is 21.2 Å². The van der Waals surface area contributed by atoms with Crippen molar-refractivity contribution in [2.45, 2.75) is 11.4 Å². The monoisotopic (exact) mass is 310 g/mol. The molecule has 0 saturated heterocycles. The first-order valence-electron chi connectivity index (χ1n) is 5.98. The first-order valence-corrected chi connectivity index (χ1v) is 7.87. The van der Waals surface area contributed by atoms with Crippen molar-refractivity contribution in [1.29, 1.82) is 0 Å². The van der Waals surface area contributed by atoms with E-state index in [4.69, 9.17) is 0 Å². The molecule has 1 N–H and O–H groups in total. The van der Waals surface area contributed by atoms with Crippen LogP contribution in [-0.2, 0) is 23.4 Å². The number of rotatable bonds is 5. The number of anilines is 1. The quantitative estimate of drug-likeness (QED) is 0.659. The second-order valence-electron chi connectivity index (χ2n) is 4.56. The van der Waals surface area contributed by atoms with E-state index in [-0.39, 0.29) is 10.6 Å². The first-order chi connectivity index (χ1) is 9.79. The molecular formula is C12H14N4O4S. The van der Waals surface area contributed by atoms with Gasteiger partial charge in [0.2, 0.25) is 0 Å². The molecule has 0 fully saturated rings. The zero-order chi connectivity index (χ0) is 15.6. The lowest BCUT2D eigenvalue weighted by molar-refractivity contribution is -0.386. The minimum atomic E-state index is -3.68. The fourth-order valence-electron chi connectivity index (χ4n) is 1.91. The van der Waals surface area contributed by atoms with Crippen molar-refractivity contribution in [3.05, 3.63) is 46.3 Å². The average molecular weight is 310 g/mol. The third-order valence-electron chi connectivity index (χ3n) is 2.82. The molecule has 1 aromatic carbocycles. The van der Waals surface area contributed by atoms with Crippen LogP contribution in [0.25, 0.3) is 0 Å². The predicted octanol–water partition coefficient (Wildman–Crippen LogP) is 1.34. The number of nitro groups is 1. The van der Waals surface area contributed by atoms with E-state index >= 15 is 0 Å². The van der Waals surface area contributed by atoms with Gasteiger partial charge < -0.3 is 5.32 Å². The normalized spacial score (nSPS) is 11.3. The Morgan fingerprint density at radius 3 is 2.67 bits per heavy atom. The molecule has 21 heavy (non-hydrogen) atoms. The number of nitro benzene ring substituents is 1. The maximum absolute atomic E-state index is 11.6. The lowest BCUT2D eigenvalue weighted by Gasteiger charge is -2.08. The molecule has 1 heterocycles. The summed E-state index contributed by atoms with van der Waals surface area (Å²) in [6.07, 6.45) is 4.33. The number of hydrogen-bond acceptors (Lipinski definition) is 6. The molecule has 8 nitrogen and oxygen atoms in total. The molecule has 0 radical (unpaired) electrons. The van der Waals surface area contributed by atoms with Crippen LogP contribution in [0.4, 0.5) is 11.4 Å². The summed E-state index contributed by atoms with van der Waals surface area (Å²) in [5, 5.41) is 18.1. The molecule has 112 valence electrons. The maximum Gasteiger partial charge on any atom is 0.310 e. The molecule has 0 atom stereocenters. The summed E-state index contributed by atoms with van der Waals surface area (Å²) in [6, 6.07) is 4.17. The van der Waals surface area contributed by atoms with Gasteiger partial charge in [-0.25, -0.2) is 8.42 Å². The lowest BCUT2D eigenvalue weighted by Crippen LogP contribution is -2.07. The zero-order valence-corrected chi connectivity index (χ0v) is 12.3. The Hall–Kier alpha value is -2.42. The summed E-state index contributed by atoms with van der Waals surface area (Å²) in [6.45, 7) is 0.307. The molecular weight excluding hydrogens is 296 g/mol. The summed E-state index contributed by atoms with van der Waals surface area (Å²) in [7, 11) is -1.92. The topological polar surface area (TPSA) is 107 Å². The Kier molecular flexibility index (Phi) is 3.94. The molecule has 0 saturated carbocycles. The van der Waals surface area contributed by atoms with Crippen LogP contribution < -0.4 is 5.32 Å². The highest BCUT2D eigenvalue weighted by Crippen LogP contribution is 2.32. The van der Waals surface area contributed by atoms with Gasteiger partial charge in [-0.15, -0.1) is 0 Å². The number of hydrogen-bond donors (Lipinski definition) is 1. The number of para-hydroxylation sites is 1. The van der Waals surface area contributed by atoms with Crippen LogP contribution in [0.5, 0.6) is 0 Å². The zero-order valence-electron chi connectivity index (χ0n) is 11.5. The second kappa shape index (κ2) is 5.52. The van der Waals surface area contributed by atoms with E-state index in [0.717, 1.165) is 11.8 Å². The van der Waals surface area contributed by atoms with E-state index in [1.54, 1.807) is 24.1 Å². The van der Waals surface area contributed by atoms with Gasteiger partial charge in [0.25, 0.3) is 0 Å². The minimum absolute atomic E-state index is 0.159. The van der Waals surface area contributed by atoms with Gasteiger partial charge in [0, 0.05) is 31.6 Å². The van der Waals surface area contributed by atoms with Gasteiger partial charge in [-0.3, -0.25) is 14.8 Å². The first kappa shape index (κ1) is 15.0. The van der Waals surface area contributed by atoms with Crippen molar-refractivity contribution in [3.8, 4) is 0 Å². The fraction of sp³-hybridized carbons (Fsp3) is 0.250. The summed E-state index contributed by atoms with van der Waals surface area (Å²) in [4.78, 5) is 10.2. The van der Waals surface area contributed by atoms with Gasteiger partial charge in [0.15, 0.2) is 9.84 Å². The maximum atomic E-state index is 11.6. The summed E-state index contributed by atoms with van der Waals surface area (Å²) >= 11 is 0. The largest absolute Gasteiger partial charge is 0.375 e. The third-order valence-corrected chi connectivity index (χ3v) is 3.95. The van der Waals surface area contributed by atoms with Gasteiger partial charge in [-0.1, -0.05) is 6.07 Å².